The van der Waals surface area contributed by atoms with Gasteiger partial charge in [-0.15, -0.1) is 5.10 Å². The van der Waals surface area contributed by atoms with E-state index in [2.05, 4.69) is 15.0 Å². The van der Waals surface area contributed by atoms with Crippen LogP contribution in [0.2, 0.25) is 5.02 Å². The van der Waals surface area contributed by atoms with Crippen LogP contribution in [0.25, 0.3) is 0 Å². The van der Waals surface area contributed by atoms with Crippen molar-refractivity contribution in [1.82, 2.24) is 24.6 Å². The first-order valence-corrected chi connectivity index (χ1v) is 9.81. The summed E-state index contributed by atoms with van der Waals surface area (Å²) < 4.78 is 41.5. The molecule has 1 aliphatic heterocycles. The normalized spacial score (nSPS) is 17.6. The molecular formula is C15H17ClFN5O3S. The standard InChI is InChI=1S/C15H17ClFN5O3S/c16-13-9-12(1-2-14(13)17)26(24,25)19-5-3-15(23)21-7-4-11(10-21)22-8-6-18-20-22/h1-2,6,8-9,11,19H,3-5,7,10H2. The average molecular weight is 402 g/mol. The Labute approximate surface area is 155 Å². The summed E-state index contributed by atoms with van der Waals surface area (Å²) in [5.41, 5.74) is 0. The number of carbonyl (C=O) groups is 1. The molecule has 1 unspecified atom stereocenters. The maximum atomic E-state index is 13.1. The largest absolute Gasteiger partial charge is 0.340 e. The predicted molar refractivity (Wildman–Crippen MR) is 91.5 cm³/mol. The molecule has 8 nitrogen and oxygen atoms in total. The number of rotatable bonds is 6. The highest BCUT2D eigenvalue weighted by atomic mass is 35.5. The number of sulfonamides is 1. The Morgan fingerprint density at radius 2 is 2.23 bits per heavy atom. The van der Waals surface area contributed by atoms with Gasteiger partial charge in [0.15, 0.2) is 0 Å². The first kappa shape index (κ1) is 18.7. The molecule has 1 atom stereocenters. The molecule has 1 saturated heterocycles. The van der Waals surface area contributed by atoms with Crippen LogP contribution in [0.4, 0.5) is 4.39 Å². The number of nitrogens with one attached hydrogen (secondary N) is 1. The van der Waals surface area contributed by atoms with Crippen molar-refractivity contribution in [3.63, 3.8) is 0 Å². The third-order valence-electron chi connectivity index (χ3n) is 4.16. The first-order valence-electron chi connectivity index (χ1n) is 7.95. The Hall–Kier alpha value is -2.04. The van der Waals surface area contributed by atoms with E-state index in [0.717, 1.165) is 24.6 Å². The van der Waals surface area contributed by atoms with Crippen LogP contribution < -0.4 is 4.72 Å². The van der Waals surface area contributed by atoms with Crippen LogP contribution in [0.15, 0.2) is 35.5 Å². The number of hydrogen-bond acceptors (Lipinski definition) is 5. The fourth-order valence-corrected chi connectivity index (χ4v) is 4.08. The van der Waals surface area contributed by atoms with Gasteiger partial charge in [-0.1, -0.05) is 16.8 Å². The Morgan fingerprint density at radius 1 is 1.42 bits per heavy atom. The number of halogens is 2. The lowest BCUT2D eigenvalue weighted by atomic mass is 10.3. The van der Waals surface area contributed by atoms with Crippen LogP contribution >= 0.6 is 11.6 Å². The SMILES string of the molecule is O=C(CCNS(=O)(=O)c1ccc(F)c(Cl)c1)N1CCC(n2ccnn2)C1. The van der Waals surface area contributed by atoms with Crippen molar-refractivity contribution >= 4 is 27.5 Å². The van der Waals surface area contributed by atoms with Crippen molar-refractivity contribution in [2.45, 2.75) is 23.8 Å². The van der Waals surface area contributed by atoms with Gasteiger partial charge >= 0.3 is 0 Å². The Morgan fingerprint density at radius 3 is 2.92 bits per heavy atom. The summed E-state index contributed by atoms with van der Waals surface area (Å²) in [6, 6.07) is 3.22. The van der Waals surface area contributed by atoms with E-state index in [1.807, 2.05) is 0 Å². The van der Waals surface area contributed by atoms with E-state index in [0.29, 0.717) is 13.1 Å². The van der Waals surface area contributed by atoms with E-state index >= 15 is 0 Å². The highest BCUT2D eigenvalue weighted by Gasteiger charge is 2.27. The molecule has 1 fully saturated rings. The fourth-order valence-electron chi connectivity index (χ4n) is 2.77. The number of benzene rings is 1. The molecule has 3 rings (SSSR count). The summed E-state index contributed by atoms with van der Waals surface area (Å²) in [7, 11) is -3.86. The van der Waals surface area contributed by atoms with Crippen molar-refractivity contribution in [3.05, 3.63) is 41.4 Å². The number of nitrogens with zero attached hydrogens (tertiary/aromatic N) is 4. The Kier molecular flexibility index (Phi) is 5.54. The zero-order valence-corrected chi connectivity index (χ0v) is 15.2. The van der Waals surface area contributed by atoms with Crippen LogP contribution in [0.3, 0.4) is 0 Å². The summed E-state index contributed by atoms with van der Waals surface area (Å²) in [6.07, 6.45) is 4.13. The van der Waals surface area contributed by atoms with Crippen molar-refractivity contribution < 1.29 is 17.6 Å². The van der Waals surface area contributed by atoms with E-state index in [4.69, 9.17) is 11.6 Å². The molecule has 1 aromatic heterocycles. The maximum Gasteiger partial charge on any atom is 0.240 e. The predicted octanol–water partition coefficient (Wildman–Crippen LogP) is 1.21. The van der Waals surface area contributed by atoms with Crippen LogP contribution in [0, 0.1) is 5.82 Å². The third kappa shape index (κ3) is 4.19. The summed E-state index contributed by atoms with van der Waals surface area (Å²) >= 11 is 5.61. The molecule has 2 heterocycles. The Balaban J connectivity index is 1.51. The van der Waals surface area contributed by atoms with Gasteiger partial charge in [0.05, 0.1) is 22.2 Å². The molecule has 11 heteroatoms. The van der Waals surface area contributed by atoms with Gasteiger partial charge in [0, 0.05) is 32.3 Å². The Bertz CT molecular complexity index is 891. The summed E-state index contributed by atoms with van der Waals surface area (Å²) in [5, 5.41) is 7.41. The molecule has 140 valence electrons. The topological polar surface area (TPSA) is 97.2 Å². The zero-order chi connectivity index (χ0) is 18.7. The van der Waals surface area contributed by atoms with E-state index in [1.54, 1.807) is 22.0 Å². The lowest BCUT2D eigenvalue weighted by Crippen LogP contribution is -2.33. The number of hydrogen-bond donors (Lipinski definition) is 1. The quantitative estimate of drug-likeness (QED) is 0.784. The average Bonchev–Trinajstić information content (AvgIpc) is 3.28. The van der Waals surface area contributed by atoms with Gasteiger partial charge in [0.1, 0.15) is 5.82 Å². The van der Waals surface area contributed by atoms with Crippen LogP contribution in [-0.4, -0.2) is 53.9 Å². The minimum atomic E-state index is -3.86. The van der Waals surface area contributed by atoms with Gasteiger partial charge in [-0.25, -0.2) is 22.2 Å². The van der Waals surface area contributed by atoms with Crippen molar-refractivity contribution in [2.24, 2.45) is 0 Å². The van der Waals surface area contributed by atoms with Gasteiger partial charge in [0.25, 0.3) is 0 Å². The molecule has 0 spiro atoms. The highest BCUT2D eigenvalue weighted by Crippen LogP contribution is 2.21. The third-order valence-corrected chi connectivity index (χ3v) is 5.91. The first-order chi connectivity index (χ1) is 12.4. The molecule has 1 aliphatic rings. The molecule has 0 saturated carbocycles. The molecule has 0 bridgehead atoms. The van der Waals surface area contributed by atoms with Crippen molar-refractivity contribution in [1.29, 1.82) is 0 Å². The van der Waals surface area contributed by atoms with E-state index < -0.39 is 15.8 Å². The number of likely N-dealkylation sites (tertiary alicyclic amines) is 1. The van der Waals surface area contributed by atoms with E-state index in [9.17, 15) is 17.6 Å². The molecule has 0 radical (unpaired) electrons. The molecule has 1 aromatic carbocycles. The lowest BCUT2D eigenvalue weighted by molar-refractivity contribution is -0.130. The van der Waals surface area contributed by atoms with Gasteiger partial charge in [0.2, 0.25) is 15.9 Å². The van der Waals surface area contributed by atoms with E-state index in [1.165, 1.54) is 0 Å². The van der Waals surface area contributed by atoms with Crippen molar-refractivity contribution in [2.75, 3.05) is 19.6 Å². The molecule has 1 amide bonds. The summed E-state index contributed by atoms with van der Waals surface area (Å²) in [5.74, 6) is -0.843. The fraction of sp³-hybridized carbons (Fsp3) is 0.400. The summed E-state index contributed by atoms with van der Waals surface area (Å²) in [4.78, 5) is 13.8. The number of carbonyl (C=O) groups excluding carboxylic acids is 1. The monoisotopic (exact) mass is 401 g/mol. The second-order valence-electron chi connectivity index (χ2n) is 5.89. The minimum absolute atomic E-state index is 0.0260. The molecule has 1 N–H and O–H groups in total. The minimum Gasteiger partial charge on any atom is -0.340 e. The highest BCUT2D eigenvalue weighted by molar-refractivity contribution is 7.89. The molecule has 2 aromatic rings. The lowest BCUT2D eigenvalue weighted by Gasteiger charge is -2.16. The van der Waals surface area contributed by atoms with Crippen LogP contribution in [0.1, 0.15) is 18.9 Å². The van der Waals surface area contributed by atoms with Gasteiger partial charge in [-0.2, -0.15) is 0 Å². The molecular weight excluding hydrogens is 385 g/mol. The second-order valence-corrected chi connectivity index (χ2v) is 8.06. The zero-order valence-electron chi connectivity index (χ0n) is 13.7. The van der Waals surface area contributed by atoms with Crippen molar-refractivity contribution in [3.8, 4) is 0 Å². The van der Waals surface area contributed by atoms with Gasteiger partial charge in [-0.05, 0) is 24.6 Å². The second kappa shape index (κ2) is 7.68. The van der Waals surface area contributed by atoms with Crippen LogP contribution in [0.5, 0.6) is 0 Å². The van der Waals surface area contributed by atoms with E-state index in [-0.39, 0.29) is 34.8 Å². The smallest absolute Gasteiger partial charge is 0.240 e. The molecule has 26 heavy (non-hydrogen) atoms. The number of amides is 1. The summed E-state index contributed by atoms with van der Waals surface area (Å²) in [6.45, 7) is 1.05. The number of aromatic nitrogens is 3. The molecule has 0 aliphatic carbocycles. The van der Waals surface area contributed by atoms with Gasteiger partial charge in [-0.3, -0.25) is 4.79 Å². The van der Waals surface area contributed by atoms with Crippen LogP contribution in [-0.2, 0) is 14.8 Å². The maximum absolute atomic E-state index is 13.1. The van der Waals surface area contributed by atoms with Gasteiger partial charge < -0.3 is 4.90 Å².